The maximum absolute atomic E-state index is 3.64. The molecule has 96 valence electrons. The summed E-state index contributed by atoms with van der Waals surface area (Å²) in [6.45, 7) is 9.18. The third kappa shape index (κ3) is 3.31. The maximum atomic E-state index is 3.64. The van der Waals surface area contributed by atoms with Crippen LogP contribution in [0.4, 0.5) is 0 Å². The van der Waals surface area contributed by atoms with Crippen molar-refractivity contribution in [2.24, 2.45) is 5.92 Å². The van der Waals surface area contributed by atoms with Crippen LogP contribution in [-0.4, -0.2) is 30.6 Å². The summed E-state index contributed by atoms with van der Waals surface area (Å²) in [7, 11) is 0. The third-order valence-electron chi connectivity index (χ3n) is 3.74. The van der Waals surface area contributed by atoms with Crippen LogP contribution >= 0.6 is 27.3 Å². The first kappa shape index (κ1) is 13.5. The molecule has 1 aliphatic rings. The lowest BCUT2D eigenvalue weighted by molar-refractivity contribution is 0.110. The molecule has 1 aromatic rings. The predicted molar refractivity (Wildman–Crippen MR) is 78.5 cm³/mol. The highest BCUT2D eigenvalue weighted by Crippen LogP contribution is 2.26. The van der Waals surface area contributed by atoms with Crippen LogP contribution in [0.1, 0.15) is 25.1 Å². The van der Waals surface area contributed by atoms with E-state index in [1.165, 1.54) is 22.3 Å². The van der Waals surface area contributed by atoms with E-state index in [4.69, 9.17) is 0 Å². The Morgan fingerprint density at radius 3 is 3.12 bits per heavy atom. The molecule has 2 rings (SSSR count). The number of halogens is 1. The fourth-order valence-corrected chi connectivity index (χ4v) is 3.92. The van der Waals surface area contributed by atoms with Crippen LogP contribution < -0.4 is 5.32 Å². The van der Waals surface area contributed by atoms with E-state index < -0.39 is 0 Å². The van der Waals surface area contributed by atoms with Crippen LogP contribution in [-0.2, 0) is 6.54 Å². The minimum atomic E-state index is 0.683. The van der Waals surface area contributed by atoms with Crippen molar-refractivity contribution in [2.45, 2.75) is 32.9 Å². The van der Waals surface area contributed by atoms with E-state index in [-0.39, 0.29) is 0 Å². The average Bonchev–Trinajstić information content (AvgIpc) is 2.75. The summed E-state index contributed by atoms with van der Waals surface area (Å²) >= 11 is 5.49. The maximum Gasteiger partial charge on any atom is 0.0343 e. The molecular formula is C13H21BrN2S. The molecule has 0 bridgehead atoms. The molecule has 0 aromatic carbocycles. The zero-order chi connectivity index (χ0) is 12.3. The Labute approximate surface area is 117 Å². The zero-order valence-electron chi connectivity index (χ0n) is 10.6. The van der Waals surface area contributed by atoms with Crippen molar-refractivity contribution < 1.29 is 0 Å². The summed E-state index contributed by atoms with van der Waals surface area (Å²) in [4.78, 5) is 4.10. The standard InChI is InChI=1S/C13H21BrN2S/c1-3-10(2)12-8-15-5-6-16(12)9-13-11(14)4-7-17-13/h4,7,10,12,15H,3,5-6,8-9H2,1-2H3. The van der Waals surface area contributed by atoms with Gasteiger partial charge in [-0.25, -0.2) is 0 Å². The predicted octanol–water partition coefficient (Wildman–Crippen LogP) is 3.33. The molecule has 2 unspecified atom stereocenters. The van der Waals surface area contributed by atoms with Crippen molar-refractivity contribution in [1.82, 2.24) is 10.2 Å². The molecule has 2 atom stereocenters. The Morgan fingerprint density at radius 1 is 1.65 bits per heavy atom. The number of thiophene rings is 1. The Kier molecular flexibility index (Phi) is 5.03. The number of hydrogen-bond acceptors (Lipinski definition) is 3. The Morgan fingerprint density at radius 2 is 2.47 bits per heavy atom. The summed E-state index contributed by atoms with van der Waals surface area (Å²) in [5.74, 6) is 0.765. The van der Waals surface area contributed by atoms with Crippen LogP contribution in [0.15, 0.2) is 15.9 Å². The van der Waals surface area contributed by atoms with E-state index in [2.05, 4.69) is 51.4 Å². The minimum Gasteiger partial charge on any atom is -0.314 e. The minimum absolute atomic E-state index is 0.683. The molecule has 4 heteroatoms. The van der Waals surface area contributed by atoms with Gasteiger partial charge in [0.25, 0.3) is 0 Å². The Bertz CT molecular complexity index is 353. The molecule has 1 N–H and O–H groups in total. The van der Waals surface area contributed by atoms with Crippen molar-refractivity contribution in [3.8, 4) is 0 Å². The van der Waals surface area contributed by atoms with Gasteiger partial charge in [0.05, 0.1) is 0 Å². The molecule has 1 fully saturated rings. The first-order chi connectivity index (χ1) is 8.22. The average molecular weight is 317 g/mol. The van der Waals surface area contributed by atoms with Gasteiger partial charge in [-0.15, -0.1) is 11.3 Å². The van der Waals surface area contributed by atoms with Gasteiger partial charge >= 0.3 is 0 Å². The largest absolute Gasteiger partial charge is 0.314 e. The van der Waals surface area contributed by atoms with Gasteiger partial charge in [0, 0.05) is 41.6 Å². The quantitative estimate of drug-likeness (QED) is 0.916. The fraction of sp³-hybridized carbons (Fsp3) is 0.692. The molecule has 1 aromatic heterocycles. The second-order valence-electron chi connectivity index (χ2n) is 4.82. The smallest absolute Gasteiger partial charge is 0.0343 e. The van der Waals surface area contributed by atoms with Crippen LogP contribution in [0.25, 0.3) is 0 Å². The summed E-state index contributed by atoms with van der Waals surface area (Å²) in [6, 6.07) is 2.84. The van der Waals surface area contributed by atoms with E-state index in [0.717, 1.165) is 25.6 Å². The monoisotopic (exact) mass is 316 g/mol. The molecule has 0 saturated carbocycles. The highest BCUT2D eigenvalue weighted by molar-refractivity contribution is 9.10. The van der Waals surface area contributed by atoms with Crippen LogP contribution in [0.5, 0.6) is 0 Å². The van der Waals surface area contributed by atoms with Gasteiger partial charge in [-0.1, -0.05) is 20.3 Å². The van der Waals surface area contributed by atoms with Gasteiger partial charge in [0.15, 0.2) is 0 Å². The van der Waals surface area contributed by atoms with Crippen molar-refractivity contribution in [2.75, 3.05) is 19.6 Å². The van der Waals surface area contributed by atoms with E-state index in [1.54, 1.807) is 0 Å². The first-order valence-corrected chi connectivity index (χ1v) is 8.06. The number of hydrogen-bond donors (Lipinski definition) is 1. The summed E-state index contributed by atoms with van der Waals surface area (Å²) < 4.78 is 1.27. The van der Waals surface area contributed by atoms with E-state index >= 15 is 0 Å². The summed E-state index contributed by atoms with van der Waals surface area (Å²) in [5, 5.41) is 5.69. The van der Waals surface area contributed by atoms with E-state index in [9.17, 15) is 0 Å². The number of nitrogens with one attached hydrogen (secondary N) is 1. The molecule has 2 nitrogen and oxygen atoms in total. The van der Waals surface area contributed by atoms with Gasteiger partial charge < -0.3 is 5.32 Å². The lowest BCUT2D eigenvalue weighted by Gasteiger charge is -2.39. The lowest BCUT2D eigenvalue weighted by atomic mass is 9.96. The molecule has 2 heterocycles. The Balaban J connectivity index is 2.04. The van der Waals surface area contributed by atoms with Gasteiger partial charge in [-0.05, 0) is 33.3 Å². The van der Waals surface area contributed by atoms with Crippen molar-refractivity contribution in [1.29, 1.82) is 0 Å². The van der Waals surface area contributed by atoms with Crippen LogP contribution in [0.2, 0.25) is 0 Å². The number of rotatable bonds is 4. The van der Waals surface area contributed by atoms with E-state index in [1.807, 2.05) is 11.3 Å². The zero-order valence-corrected chi connectivity index (χ0v) is 13.0. The summed E-state index contributed by atoms with van der Waals surface area (Å²) in [6.07, 6.45) is 1.26. The molecule has 1 saturated heterocycles. The van der Waals surface area contributed by atoms with Crippen molar-refractivity contribution in [3.63, 3.8) is 0 Å². The highest BCUT2D eigenvalue weighted by Gasteiger charge is 2.26. The molecule has 1 aliphatic heterocycles. The topological polar surface area (TPSA) is 15.3 Å². The van der Waals surface area contributed by atoms with Gasteiger partial charge in [-0.3, -0.25) is 4.90 Å². The second kappa shape index (κ2) is 6.32. The Hall–Kier alpha value is 0.100. The van der Waals surface area contributed by atoms with Crippen LogP contribution in [0.3, 0.4) is 0 Å². The molecule has 0 radical (unpaired) electrons. The highest BCUT2D eigenvalue weighted by atomic mass is 79.9. The van der Waals surface area contributed by atoms with Gasteiger partial charge in [0.2, 0.25) is 0 Å². The van der Waals surface area contributed by atoms with Gasteiger partial charge in [-0.2, -0.15) is 0 Å². The molecule has 0 amide bonds. The molecule has 0 spiro atoms. The molecule has 0 aliphatic carbocycles. The lowest BCUT2D eigenvalue weighted by Crippen LogP contribution is -2.53. The first-order valence-electron chi connectivity index (χ1n) is 6.39. The third-order valence-corrected chi connectivity index (χ3v) is 5.65. The SMILES string of the molecule is CCC(C)C1CNCCN1Cc1sccc1Br. The van der Waals surface area contributed by atoms with E-state index in [0.29, 0.717) is 6.04 Å². The number of nitrogens with zero attached hydrogens (tertiary/aromatic N) is 1. The fourth-order valence-electron chi connectivity index (χ4n) is 2.42. The summed E-state index contributed by atoms with van der Waals surface area (Å²) in [5.41, 5.74) is 0. The molecular weight excluding hydrogens is 296 g/mol. The van der Waals surface area contributed by atoms with Gasteiger partial charge in [0.1, 0.15) is 0 Å². The second-order valence-corrected chi connectivity index (χ2v) is 6.67. The number of piperazine rings is 1. The molecule has 17 heavy (non-hydrogen) atoms. The van der Waals surface area contributed by atoms with Crippen molar-refractivity contribution >= 4 is 27.3 Å². The van der Waals surface area contributed by atoms with Crippen molar-refractivity contribution in [3.05, 3.63) is 20.8 Å². The van der Waals surface area contributed by atoms with Crippen LogP contribution in [0, 0.1) is 5.92 Å². The normalized spacial score (nSPS) is 23.8.